The molecule has 1 aromatic rings. The maximum absolute atomic E-state index is 11.3. The zero-order chi connectivity index (χ0) is 9.10. The van der Waals surface area contributed by atoms with Crippen LogP contribution in [-0.2, 0) is 11.3 Å². The molecule has 0 N–H and O–H groups in total. The molecule has 1 aromatic heterocycles. The fourth-order valence-corrected chi connectivity index (χ4v) is 1.52. The third-order valence-electron chi connectivity index (χ3n) is 2.27. The number of ether oxygens (including phenoxy) is 1. The van der Waals surface area contributed by atoms with Gasteiger partial charge in [0.15, 0.2) is 0 Å². The number of nitrogens with zero attached hydrogens (tertiary/aromatic N) is 2. The van der Waals surface area contributed by atoms with Gasteiger partial charge in [0.1, 0.15) is 0 Å². The van der Waals surface area contributed by atoms with Crippen molar-refractivity contribution in [3.8, 4) is 0 Å². The van der Waals surface area contributed by atoms with E-state index in [-0.39, 0.29) is 5.56 Å². The van der Waals surface area contributed by atoms with Crippen LogP contribution in [0.2, 0.25) is 0 Å². The van der Waals surface area contributed by atoms with Gasteiger partial charge >= 0.3 is 0 Å². The van der Waals surface area contributed by atoms with Gasteiger partial charge in [-0.15, -0.1) is 0 Å². The van der Waals surface area contributed by atoms with Gasteiger partial charge in [-0.2, -0.15) is 0 Å². The summed E-state index contributed by atoms with van der Waals surface area (Å²) in [5.74, 6) is 0.474. The smallest absolute Gasteiger partial charge is 0.253 e. The molecule has 70 valence electrons. The average molecular weight is 180 g/mol. The van der Waals surface area contributed by atoms with Crippen molar-refractivity contribution >= 4 is 0 Å². The van der Waals surface area contributed by atoms with E-state index in [1.165, 1.54) is 12.3 Å². The predicted octanol–water partition coefficient (Wildman–Crippen LogP) is 0.280. The van der Waals surface area contributed by atoms with Crippen LogP contribution in [0.3, 0.4) is 0 Å². The molecule has 1 aliphatic heterocycles. The van der Waals surface area contributed by atoms with E-state index in [1.807, 2.05) is 0 Å². The summed E-state index contributed by atoms with van der Waals surface area (Å²) >= 11 is 0. The molecule has 1 unspecified atom stereocenters. The maximum Gasteiger partial charge on any atom is 0.253 e. The molecule has 13 heavy (non-hydrogen) atoms. The molecule has 1 atom stereocenters. The monoisotopic (exact) mass is 180 g/mol. The summed E-state index contributed by atoms with van der Waals surface area (Å²) in [7, 11) is 0. The van der Waals surface area contributed by atoms with Gasteiger partial charge in [-0.25, -0.2) is 4.98 Å². The highest BCUT2D eigenvalue weighted by Crippen LogP contribution is 2.13. The molecule has 0 bridgehead atoms. The van der Waals surface area contributed by atoms with E-state index in [2.05, 4.69) is 4.98 Å². The quantitative estimate of drug-likeness (QED) is 0.656. The first kappa shape index (κ1) is 8.44. The lowest BCUT2D eigenvalue weighted by atomic mass is 10.1. The van der Waals surface area contributed by atoms with Gasteiger partial charge in [-0.3, -0.25) is 9.36 Å². The largest absolute Gasteiger partial charge is 0.381 e. The number of hydrogen-bond acceptors (Lipinski definition) is 3. The third-order valence-corrected chi connectivity index (χ3v) is 2.27. The summed E-state index contributed by atoms with van der Waals surface area (Å²) < 4.78 is 6.87. The Labute approximate surface area is 76.2 Å². The number of hydrogen-bond donors (Lipinski definition) is 0. The van der Waals surface area contributed by atoms with Crippen LogP contribution in [0.1, 0.15) is 6.42 Å². The van der Waals surface area contributed by atoms with Crippen molar-refractivity contribution in [1.29, 1.82) is 0 Å². The average Bonchev–Trinajstić information content (AvgIpc) is 2.61. The Balaban J connectivity index is 2.08. The highest BCUT2D eigenvalue weighted by Gasteiger charge is 2.16. The Kier molecular flexibility index (Phi) is 2.40. The standard InChI is InChI=1S/C9H12N2O2/c12-9-1-3-10-7-11(9)5-8-2-4-13-6-8/h1,3,7-8H,2,4-6H2. The molecule has 0 radical (unpaired) electrons. The number of rotatable bonds is 2. The van der Waals surface area contributed by atoms with Crippen molar-refractivity contribution < 1.29 is 4.74 Å². The molecule has 1 aliphatic rings. The Bertz CT molecular complexity index is 328. The van der Waals surface area contributed by atoms with Crippen LogP contribution < -0.4 is 5.56 Å². The van der Waals surface area contributed by atoms with Crippen LogP contribution in [0.4, 0.5) is 0 Å². The van der Waals surface area contributed by atoms with Crippen molar-refractivity contribution in [2.45, 2.75) is 13.0 Å². The highest BCUT2D eigenvalue weighted by atomic mass is 16.5. The molecular weight excluding hydrogens is 168 g/mol. The van der Waals surface area contributed by atoms with E-state index >= 15 is 0 Å². The summed E-state index contributed by atoms with van der Waals surface area (Å²) in [4.78, 5) is 15.2. The lowest BCUT2D eigenvalue weighted by molar-refractivity contribution is 0.182. The summed E-state index contributed by atoms with van der Waals surface area (Å²) in [5.41, 5.74) is 0.0156. The number of aromatic nitrogens is 2. The maximum atomic E-state index is 11.3. The van der Waals surface area contributed by atoms with E-state index in [4.69, 9.17) is 4.74 Å². The van der Waals surface area contributed by atoms with Gasteiger partial charge in [-0.1, -0.05) is 0 Å². The molecule has 2 rings (SSSR count). The Hall–Kier alpha value is -1.16. The van der Waals surface area contributed by atoms with E-state index in [1.54, 1.807) is 10.9 Å². The first-order valence-electron chi connectivity index (χ1n) is 4.44. The Morgan fingerprint density at radius 3 is 3.31 bits per heavy atom. The topological polar surface area (TPSA) is 44.1 Å². The van der Waals surface area contributed by atoms with Gasteiger partial charge in [0.25, 0.3) is 5.56 Å². The predicted molar refractivity (Wildman–Crippen MR) is 47.4 cm³/mol. The lowest BCUT2D eigenvalue weighted by Crippen LogP contribution is -2.23. The second-order valence-electron chi connectivity index (χ2n) is 3.30. The lowest BCUT2D eigenvalue weighted by Gasteiger charge is -2.08. The van der Waals surface area contributed by atoms with Crippen LogP contribution in [0.15, 0.2) is 23.4 Å². The molecule has 0 aliphatic carbocycles. The van der Waals surface area contributed by atoms with Crippen LogP contribution in [0.5, 0.6) is 0 Å². The molecular formula is C9H12N2O2. The first-order valence-corrected chi connectivity index (χ1v) is 4.44. The van der Waals surface area contributed by atoms with E-state index in [0.29, 0.717) is 5.92 Å². The Morgan fingerprint density at radius 1 is 1.69 bits per heavy atom. The summed E-state index contributed by atoms with van der Waals surface area (Å²) in [6, 6.07) is 1.48. The van der Waals surface area contributed by atoms with E-state index in [9.17, 15) is 4.79 Å². The SMILES string of the molecule is O=c1ccncn1CC1CCOC1. The van der Waals surface area contributed by atoms with Gasteiger partial charge in [0.05, 0.1) is 12.9 Å². The van der Waals surface area contributed by atoms with Crippen molar-refractivity contribution in [2.75, 3.05) is 13.2 Å². The van der Waals surface area contributed by atoms with Crippen LogP contribution in [0.25, 0.3) is 0 Å². The summed E-state index contributed by atoms with van der Waals surface area (Å²) in [6.45, 7) is 2.31. The van der Waals surface area contributed by atoms with Crippen LogP contribution >= 0.6 is 0 Å². The fraction of sp³-hybridized carbons (Fsp3) is 0.556. The molecule has 1 fully saturated rings. The molecule has 4 heteroatoms. The highest BCUT2D eigenvalue weighted by molar-refractivity contribution is 4.83. The molecule has 1 saturated heterocycles. The normalized spacial score (nSPS) is 22.0. The minimum atomic E-state index is 0.0156. The second kappa shape index (κ2) is 3.70. The molecule has 4 nitrogen and oxygen atoms in total. The third kappa shape index (κ3) is 1.95. The second-order valence-corrected chi connectivity index (χ2v) is 3.30. The summed E-state index contributed by atoms with van der Waals surface area (Å²) in [5, 5.41) is 0. The molecule has 0 spiro atoms. The van der Waals surface area contributed by atoms with Crippen LogP contribution in [0, 0.1) is 5.92 Å². The van der Waals surface area contributed by atoms with Gasteiger partial charge < -0.3 is 4.74 Å². The van der Waals surface area contributed by atoms with Gasteiger partial charge in [0.2, 0.25) is 0 Å². The molecule has 0 saturated carbocycles. The minimum Gasteiger partial charge on any atom is -0.381 e. The fourth-order valence-electron chi connectivity index (χ4n) is 1.52. The van der Waals surface area contributed by atoms with Crippen molar-refractivity contribution in [3.63, 3.8) is 0 Å². The zero-order valence-corrected chi connectivity index (χ0v) is 7.35. The van der Waals surface area contributed by atoms with Crippen molar-refractivity contribution in [1.82, 2.24) is 9.55 Å². The van der Waals surface area contributed by atoms with Gasteiger partial charge in [-0.05, 0) is 6.42 Å². The van der Waals surface area contributed by atoms with E-state index in [0.717, 1.165) is 26.2 Å². The van der Waals surface area contributed by atoms with Crippen molar-refractivity contribution in [3.05, 3.63) is 28.9 Å². The minimum absolute atomic E-state index is 0.0156. The first-order chi connectivity index (χ1) is 6.36. The van der Waals surface area contributed by atoms with Gasteiger partial charge in [0, 0.05) is 31.3 Å². The molecule has 0 amide bonds. The van der Waals surface area contributed by atoms with E-state index < -0.39 is 0 Å². The summed E-state index contributed by atoms with van der Waals surface area (Å²) in [6.07, 6.45) is 4.14. The molecule has 0 aromatic carbocycles. The zero-order valence-electron chi connectivity index (χ0n) is 7.35. The molecule has 2 heterocycles. The Morgan fingerprint density at radius 2 is 2.62 bits per heavy atom. The van der Waals surface area contributed by atoms with Crippen LogP contribution in [-0.4, -0.2) is 22.8 Å². The van der Waals surface area contributed by atoms with Crippen molar-refractivity contribution in [2.24, 2.45) is 5.92 Å².